The molecule has 0 N–H and O–H groups in total. The molecule has 0 radical (unpaired) electrons. The van der Waals surface area contributed by atoms with Crippen molar-refractivity contribution in [3.05, 3.63) is 71.0 Å². The fourth-order valence-electron chi connectivity index (χ4n) is 7.86. The second-order valence-electron chi connectivity index (χ2n) is 13.9. The van der Waals surface area contributed by atoms with Crippen molar-refractivity contribution in [3.63, 3.8) is 0 Å². The van der Waals surface area contributed by atoms with E-state index in [1.165, 1.54) is 11.3 Å². The van der Waals surface area contributed by atoms with Gasteiger partial charge in [-0.2, -0.15) is 15.8 Å². The van der Waals surface area contributed by atoms with Gasteiger partial charge in [0, 0.05) is 30.9 Å². The summed E-state index contributed by atoms with van der Waals surface area (Å²) in [5, 5.41) is 30.9. The molecule has 2 bridgehead atoms. The van der Waals surface area contributed by atoms with Crippen LogP contribution in [0.1, 0.15) is 71.8 Å². The van der Waals surface area contributed by atoms with Crippen molar-refractivity contribution >= 4 is 33.8 Å². The summed E-state index contributed by atoms with van der Waals surface area (Å²) in [7, 11) is 0. The molecule has 4 heterocycles. The molecule has 2 amide bonds. The lowest BCUT2D eigenvalue weighted by atomic mass is 9.78. The van der Waals surface area contributed by atoms with Gasteiger partial charge in [0.15, 0.2) is 11.3 Å². The van der Waals surface area contributed by atoms with Crippen LogP contribution in [0, 0.1) is 45.8 Å². The van der Waals surface area contributed by atoms with E-state index in [1.807, 2.05) is 63.3 Å². The summed E-state index contributed by atoms with van der Waals surface area (Å²) in [6, 6.07) is 18.3. The molecular formula is C39H41N5O4. The highest BCUT2D eigenvalue weighted by Gasteiger charge is 2.65. The average molecular weight is 644 g/mol. The third-order valence-corrected chi connectivity index (χ3v) is 10.2. The van der Waals surface area contributed by atoms with Gasteiger partial charge < -0.3 is 14.4 Å². The van der Waals surface area contributed by atoms with Crippen LogP contribution in [0.2, 0.25) is 0 Å². The first-order chi connectivity index (χ1) is 23.1. The number of hydrogen-bond acceptors (Lipinski definition) is 8. The number of allylic oxidation sites excluding steroid dienone is 2. The van der Waals surface area contributed by atoms with Gasteiger partial charge in [0.1, 0.15) is 29.4 Å². The quantitative estimate of drug-likeness (QED) is 0.108. The Bertz CT molecular complexity index is 1870. The van der Waals surface area contributed by atoms with Crippen LogP contribution >= 0.6 is 0 Å². The normalized spacial score (nSPS) is 24.9. The number of fused-ring (bicyclic) bond motifs is 6. The number of anilines is 1. The maximum Gasteiger partial charge on any atom is 0.236 e. The van der Waals surface area contributed by atoms with Crippen molar-refractivity contribution < 1.29 is 19.1 Å². The first-order valence-corrected chi connectivity index (χ1v) is 17.0. The maximum absolute atomic E-state index is 13.2. The van der Waals surface area contributed by atoms with Crippen molar-refractivity contribution in [2.24, 2.45) is 11.8 Å². The number of imide groups is 1. The van der Waals surface area contributed by atoms with E-state index in [9.17, 15) is 25.4 Å². The predicted molar refractivity (Wildman–Crippen MR) is 182 cm³/mol. The zero-order valence-electron chi connectivity index (χ0n) is 28.1. The highest BCUT2D eigenvalue weighted by Crippen LogP contribution is 2.51. The number of carbonyl (C=O) groups is 2. The van der Waals surface area contributed by atoms with Gasteiger partial charge in [-0.1, -0.05) is 56.5 Å². The fourth-order valence-corrected chi connectivity index (χ4v) is 7.86. The zero-order valence-corrected chi connectivity index (χ0v) is 28.1. The average Bonchev–Trinajstić information content (AvgIpc) is 3.76. The Morgan fingerprint density at radius 3 is 2.31 bits per heavy atom. The molecular weight excluding hydrogens is 602 g/mol. The molecule has 2 saturated heterocycles. The lowest BCUT2D eigenvalue weighted by Gasteiger charge is -2.27. The number of likely N-dealkylation sites (tertiary alicyclic amines) is 1. The highest BCUT2D eigenvalue weighted by atomic mass is 16.5. The number of benzene rings is 2. The molecule has 246 valence electrons. The van der Waals surface area contributed by atoms with E-state index in [-0.39, 0.29) is 40.7 Å². The molecule has 4 unspecified atom stereocenters. The summed E-state index contributed by atoms with van der Waals surface area (Å²) in [5.41, 5.74) is 0.994. The molecule has 0 saturated carbocycles. The van der Waals surface area contributed by atoms with Gasteiger partial charge in [0.25, 0.3) is 0 Å². The number of ether oxygens (including phenoxy) is 2. The summed E-state index contributed by atoms with van der Waals surface area (Å²) in [6.07, 6.45) is 9.74. The fraction of sp³-hybridized carbons (Fsp3) is 0.462. The molecule has 9 nitrogen and oxygen atoms in total. The van der Waals surface area contributed by atoms with Crippen LogP contribution in [0.4, 0.5) is 5.69 Å². The molecule has 48 heavy (non-hydrogen) atoms. The Labute approximate surface area is 282 Å². The van der Waals surface area contributed by atoms with Crippen molar-refractivity contribution in [1.29, 1.82) is 15.8 Å². The van der Waals surface area contributed by atoms with E-state index in [1.54, 1.807) is 0 Å². The largest absolute Gasteiger partial charge is 0.480 e. The second kappa shape index (κ2) is 12.9. The van der Waals surface area contributed by atoms with E-state index in [2.05, 4.69) is 36.1 Å². The Balaban J connectivity index is 1.18. The van der Waals surface area contributed by atoms with E-state index >= 15 is 0 Å². The molecule has 4 aliphatic heterocycles. The molecule has 4 atom stereocenters. The maximum atomic E-state index is 13.2. The number of nitrogens with zero attached hydrogens (tertiary/aromatic N) is 5. The Hall–Kier alpha value is -4.91. The van der Waals surface area contributed by atoms with Crippen molar-refractivity contribution in [2.75, 3.05) is 24.5 Å². The number of rotatable bonds is 12. The minimum atomic E-state index is -0.895. The Kier molecular flexibility index (Phi) is 8.90. The molecule has 0 spiro atoms. The van der Waals surface area contributed by atoms with Crippen LogP contribution < -0.4 is 4.90 Å². The number of carbonyl (C=O) groups excluding carboxylic acids is 2. The molecule has 9 heteroatoms. The molecule has 2 fully saturated rings. The lowest BCUT2D eigenvalue weighted by Crippen LogP contribution is -2.39. The first-order valence-electron chi connectivity index (χ1n) is 17.0. The van der Waals surface area contributed by atoms with Crippen LogP contribution in [0.25, 0.3) is 16.3 Å². The van der Waals surface area contributed by atoms with Crippen LogP contribution in [0.5, 0.6) is 0 Å². The number of amides is 2. The molecule has 0 aliphatic carbocycles. The Morgan fingerprint density at radius 1 is 0.917 bits per heavy atom. The van der Waals surface area contributed by atoms with Crippen molar-refractivity contribution in [1.82, 2.24) is 4.90 Å². The molecule has 4 aliphatic rings. The third-order valence-electron chi connectivity index (χ3n) is 10.2. The molecule has 6 rings (SSSR count). The van der Waals surface area contributed by atoms with Gasteiger partial charge >= 0.3 is 0 Å². The third kappa shape index (κ3) is 5.65. The Morgan fingerprint density at radius 2 is 1.62 bits per heavy atom. The van der Waals surface area contributed by atoms with Crippen LogP contribution in [0.3, 0.4) is 0 Å². The van der Waals surface area contributed by atoms with Crippen LogP contribution in [0.15, 0.2) is 65.5 Å². The predicted octanol–water partition coefficient (Wildman–Crippen LogP) is 6.72. The van der Waals surface area contributed by atoms with E-state index < -0.39 is 17.1 Å². The van der Waals surface area contributed by atoms with Crippen LogP contribution in [-0.2, 0) is 19.1 Å². The minimum Gasteiger partial charge on any atom is -0.480 e. The standard InChI is InChI=1S/C39H41N5O4/c1-5-6-7-8-17-43(18-9-10-19-44-36(45)32-31-15-16-39(4,47-31)34(32)37(44)46)29-14-13-25-20-27(12-11-26(25)21-29)33-30(24-42)35(28(22-40)23-41)48-38(33,2)3/h11-16,20-21,31-32,34H,5-10,17-19H2,1-4H3. The summed E-state index contributed by atoms with van der Waals surface area (Å²) in [6.45, 7) is 9.93. The SMILES string of the molecule is CCCCCCN(CCCCN1C(=O)C2C3C=CC(C)(O3)C2C1=O)c1ccc2cc(C3=C(C#N)C(=C(C#N)C#N)OC3(C)C)ccc2c1. The number of hydrogen-bond donors (Lipinski definition) is 0. The summed E-state index contributed by atoms with van der Waals surface area (Å²) in [5.74, 6) is -0.958. The molecule has 2 aromatic carbocycles. The zero-order chi connectivity index (χ0) is 34.2. The van der Waals surface area contributed by atoms with Crippen LogP contribution in [-0.4, -0.2) is 53.7 Å². The smallest absolute Gasteiger partial charge is 0.236 e. The second-order valence-corrected chi connectivity index (χ2v) is 13.9. The topological polar surface area (TPSA) is 130 Å². The highest BCUT2D eigenvalue weighted by molar-refractivity contribution is 6.07. The van der Waals surface area contributed by atoms with E-state index in [4.69, 9.17) is 9.47 Å². The van der Waals surface area contributed by atoms with Crippen molar-refractivity contribution in [3.8, 4) is 18.2 Å². The van der Waals surface area contributed by atoms with Gasteiger partial charge in [0.2, 0.25) is 11.8 Å². The van der Waals surface area contributed by atoms with E-state index in [0.29, 0.717) is 12.1 Å². The van der Waals surface area contributed by atoms with Gasteiger partial charge in [0.05, 0.1) is 23.5 Å². The number of nitriles is 3. The monoisotopic (exact) mass is 643 g/mol. The molecule has 0 aromatic heterocycles. The summed E-state index contributed by atoms with van der Waals surface area (Å²) in [4.78, 5) is 30.3. The van der Waals surface area contributed by atoms with E-state index in [0.717, 1.165) is 67.2 Å². The van der Waals surface area contributed by atoms with Gasteiger partial charge in [-0.3, -0.25) is 14.5 Å². The van der Waals surface area contributed by atoms with Crippen molar-refractivity contribution in [2.45, 2.75) is 83.5 Å². The number of unbranched alkanes of at least 4 members (excludes halogenated alkanes) is 4. The van der Waals surface area contributed by atoms with Gasteiger partial charge in [-0.15, -0.1) is 0 Å². The molecule has 2 aromatic rings. The lowest BCUT2D eigenvalue weighted by molar-refractivity contribution is -0.143. The van der Waals surface area contributed by atoms with Gasteiger partial charge in [-0.05, 0) is 74.6 Å². The summed E-state index contributed by atoms with van der Waals surface area (Å²) < 4.78 is 11.9. The first kappa shape index (κ1) is 33.0. The summed E-state index contributed by atoms with van der Waals surface area (Å²) >= 11 is 0. The van der Waals surface area contributed by atoms with Gasteiger partial charge in [-0.25, -0.2) is 0 Å². The minimum absolute atomic E-state index is 0.0328.